The van der Waals surface area contributed by atoms with E-state index in [2.05, 4.69) is 10.6 Å². The predicted molar refractivity (Wildman–Crippen MR) is 82.6 cm³/mol. The molecule has 0 heterocycles. The molecule has 0 aliphatic rings. The Hall–Kier alpha value is -1.97. The Morgan fingerprint density at radius 3 is 2.61 bits per heavy atom. The number of hydrogen-bond donors (Lipinski definition) is 2. The van der Waals surface area contributed by atoms with Gasteiger partial charge in [0.1, 0.15) is 5.69 Å². The van der Waals surface area contributed by atoms with Crippen LogP contribution in [0.2, 0.25) is 0 Å². The number of carbonyl (C=O) groups is 1. The summed E-state index contributed by atoms with van der Waals surface area (Å²) in [4.78, 5) is 21.4. The first-order valence-corrected chi connectivity index (χ1v) is 8.00. The second-order valence-electron chi connectivity index (χ2n) is 4.51. The average molecular weight is 351 g/mol. The van der Waals surface area contributed by atoms with Crippen LogP contribution in [0.3, 0.4) is 0 Å². The molecule has 0 aliphatic carbocycles. The number of alkyl halides is 3. The van der Waals surface area contributed by atoms with Crippen molar-refractivity contribution in [2.75, 3.05) is 30.4 Å². The molecule has 0 bridgehead atoms. The molecule has 0 aliphatic heterocycles. The number of nitro groups is 1. The van der Waals surface area contributed by atoms with E-state index in [9.17, 15) is 28.1 Å². The minimum absolute atomic E-state index is 0.0265. The molecule has 1 aromatic rings. The van der Waals surface area contributed by atoms with Crippen LogP contribution in [-0.4, -0.2) is 35.9 Å². The fraction of sp³-hybridized carbons (Fsp3) is 0.462. The lowest BCUT2D eigenvalue weighted by atomic mass is 10.1. The van der Waals surface area contributed by atoms with Gasteiger partial charge in [0.15, 0.2) is 0 Å². The van der Waals surface area contributed by atoms with Gasteiger partial charge in [-0.05, 0) is 18.4 Å². The number of nitro benzene ring substituents is 1. The van der Waals surface area contributed by atoms with E-state index in [1.165, 1.54) is 11.8 Å². The minimum atomic E-state index is -4.64. The molecule has 0 saturated carbocycles. The zero-order valence-corrected chi connectivity index (χ0v) is 13.1. The standard InChI is InChI=1S/C13H16F3N3O3S/c1-23-7-4-12(20)18-6-5-17-10-3-2-9(13(14,15)16)8-11(10)19(21)22/h2-3,8,17H,4-7H2,1H3,(H,18,20). The zero-order valence-electron chi connectivity index (χ0n) is 12.3. The number of anilines is 1. The molecular weight excluding hydrogens is 335 g/mol. The van der Waals surface area contributed by atoms with Crippen LogP contribution in [-0.2, 0) is 11.0 Å². The number of carbonyl (C=O) groups excluding carboxylic acids is 1. The second kappa shape index (κ2) is 8.61. The highest BCUT2D eigenvalue weighted by atomic mass is 32.2. The van der Waals surface area contributed by atoms with Crippen LogP contribution in [0.1, 0.15) is 12.0 Å². The lowest BCUT2D eigenvalue weighted by Crippen LogP contribution is -2.29. The number of amides is 1. The zero-order chi connectivity index (χ0) is 17.5. The van der Waals surface area contributed by atoms with Gasteiger partial charge in [0.25, 0.3) is 5.69 Å². The fourth-order valence-electron chi connectivity index (χ4n) is 1.69. The molecule has 1 aromatic carbocycles. The van der Waals surface area contributed by atoms with Gasteiger partial charge < -0.3 is 10.6 Å². The topological polar surface area (TPSA) is 84.3 Å². The molecule has 1 amide bonds. The Morgan fingerprint density at radius 2 is 2.04 bits per heavy atom. The van der Waals surface area contributed by atoms with Gasteiger partial charge in [-0.25, -0.2) is 0 Å². The molecule has 6 nitrogen and oxygen atoms in total. The molecule has 23 heavy (non-hydrogen) atoms. The molecular formula is C13H16F3N3O3S. The van der Waals surface area contributed by atoms with E-state index in [1.54, 1.807) is 0 Å². The molecule has 1 rings (SSSR count). The number of nitrogens with zero attached hydrogens (tertiary/aromatic N) is 1. The first kappa shape index (κ1) is 19.1. The molecule has 0 atom stereocenters. The average Bonchev–Trinajstić information content (AvgIpc) is 2.48. The predicted octanol–water partition coefficient (Wildman–Crippen LogP) is 2.89. The van der Waals surface area contributed by atoms with Gasteiger partial charge in [-0.15, -0.1) is 0 Å². The largest absolute Gasteiger partial charge is 0.416 e. The van der Waals surface area contributed by atoms with Gasteiger partial charge in [-0.2, -0.15) is 24.9 Å². The van der Waals surface area contributed by atoms with Crippen molar-refractivity contribution in [1.29, 1.82) is 0 Å². The Balaban J connectivity index is 2.63. The van der Waals surface area contributed by atoms with Crippen molar-refractivity contribution in [1.82, 2.24) is 5.32 Å². The van der Waals surface area contributed by atoms with E-state index in [0.717, 1.165) is 12.1 Å². The second-order valence-corrected chi connectivity index (χ2v) is 5.49. The van der Waals surface area contributed by atoms with Crippen molar-refractivity contribution in [2.24, 2.45) is 0 Å². The van der Waals surface area contributed by atoms with Crippen molar-refractivity contribution in [3.05, 3.63) is 33.9 Å². The van der Waals surface area contributed by atoms with Crippen LogP contribution < -0.4 is 10.6 Å². The van der Waals surface area contributed by atoms with Crippen LogP contribution >= 0.6 is 11.8 Å². The molecule has 0 unspecified atom stereocenters. The Morgan fingerprint density at radius 1 is 1.35 bits per heavy atom. The highest BCUT2D eigenvalue weighted by Crippen LogP contribution is 2.34. The first-order valence-electron chi connectivity index (χ1n) is 6.61. The highest BCUT2D eigenvalue weighted by molar-refractivity contribution is 7.98. The Bertz CT molecular complexity index is 567. The highest BCUT2D eigenvalue weighted by Gasteiger charge is 2.32. The maximum absolute atomic E-state index is 12.6. The normalized spacial score (nSPS) is 11.1. The summed E-state index contributed by atoms with van der Waals surface area (Å²) in [5.74, 6) is 0.534. The van der Waals surface area contributed by atoms with Crippen molar-refractivity contribution < 1.29 is 22.9 Å². The Kier molecular flexibility index (Phi) is 7.14. The van der Waals surface area contributed by atoms with Crippen LogP contribution in [0.25, 0.3) is 0 Å². The lowest BCUT2D eigenvalue weighted by Gasteiger charge is -2.11. The lowest BCUT2D eigenvalue weighted by molar-refractivity contribution is -0.384. The van der Waals surface area contributed by atoms with Gasteiger partial charge in [0.2, 0.25) is 5.91 Å². The van der Waals surface area contributed by atoms with Gasteiger partial charge in [-0.3, -0.25) is 14.9 Å². The summed E-state index contributed by atoms with van der Waals surface area (Å²) >= 11 is 1.53. The van der Waals surface area contributed by atoms with Crippen molar-refractivity contribution in [3.63, 3.8) is 0 Å². The molecule has 128 valence electrons. The summed E-state index contributed by atoms with van der Waals surface area (Å²) in [6, 6.07) is 2.27. The van der Waals surface area contributed by atoms with E-state index in [4.69, 9.17) is 0 Å². The first-order chi connectivity index (χ1) is 10.8. The molecule has 0 radical (unpaired) electrons. The molecule has 0 spiro atoms. The molecule has 0 aromatic heterocycles. The van der Waals surface area contributed by atoms with E-state index in [-0.39, 0.29) is 24.7 Å². The van der Waals surface area contributed by atoms with Crippen molar-refractivity contribution in [3.8, 4) is 0 Å². The maximum Gasteiger partial charge on any atom is 0.416 e. The van der Waals surface area contributed by atoms with Crippen LogP contribution in [0, 0.1) is 10.1 Å². The number of rotatable bonds is 8. The quantitative estimate of drug-likeness (QED) is 0.427. The van der Waals surface area contributed by atoms with Gasteiger partial charge in [-0.1, -0.05) is 0 Å². The van der Waals surface area contributed by atoms with Gasteiger partial charge >= 0.3 is 6.18 Å². The van der Waals surface area contributed by atoms with E-state index >= 15 is 0 Å². The number of nitrogens with one attached hydrogen (secondary N) is 2. The SMILES string of the molecule is CSCCC(=O)NCCNc1ccc(C(F)(F)F)cc1[N+](=O)[O-]. The van der Waals surface area contributed by atoms with E-state index in [0.29, 0.717) is 18.2 Å². The van der Waals surface area contributed by atoms with Crippen molar-refractivity contribution >= 4 is 29.0 Å². The number of thioether (sulfide) groups is 1. The molecule has 0 saturated heterocycles. The number of halogens is 3. The third-order valence-electron chi connectivity index (χ3n) is 2.82. The third kappa shape index (κ3) is 6.35. The van der Waals surface area contributed by atoms with Crippen LogP contribution in [0.15, 0.2) is 18.2 Å². The summed E-state index contributed by atoms with van der Waals surface area (Å²) in [6.45, 7) is 0.378. The van der Waals surface area contributed by atoms with Crippen molar-refractivity contribution in [2.45, 2.75) is 12.6 Å². The van der Waals surface area contributed by atoms with E-state index < -0.39 is 22.4 Å². The molecule has 2 N–H and O–H groups in total. The summed E-state index contributed by atoms with van der Waals surface area (Å²) in [5, 5.41) is 16.1. The summed E-state index contributed by atoms with van der Waals surface area (Å²) in [7, 11) is 0. The molecule has 0 fully saturated rings. The number of hydrogen-bond acceptors (Lipinski definition) is 5. The van der Waals surface area contributed by atoms with Crippen LogP contribution in [0.5, 0.6) is 0 Å². The molecule has 10 heteroatoms. The smallest absolute Gasteiger partial charge is 0.378 e. The summed E-state index contributed by atoms with van der Waals surface area (Å²) in [6.07, 6.45) is -2.41. The summed E-state index contributed by atoms with van der Waals surface area (Å²) in [5.41, 5.74) is -1.77. The minimum Gasteiger partial charge on any atom is -0.378 e. The monoisotopic (exact) mass is 351 g/mol. The fourth-order valence-corrected chi connectivity index (χ4v) is 2.08. The van der Waals surface area contributed by atoms with Gasteiger partial charge in [0.05, 0.1) is 10.5 Å². The van der Waals surface area contributed by atoms with Crippen LogP contribution in [0.4, 0.5) is 24.5 Å². The number of benzene rings is 1. The Labute approximate surface area is 135 Å². The summed E-state index contributed by atoms with van der Waals surface area (Å²) < 4.78 is 37.7. The van der Waals surface area contributed by atoms with Gasteiger partial charge in [0, 0.05) is 31.3 Å². The van der Waals surface area contributed by atoms with E-state index in [1.807, 2.05) is 6.26 Å². The third-order valence-corrected chi connectivity index (χ3v) is 3.43. The maximum atomic E-state index is 12.6.